The van der Waals surface area contributed by atoms with E-state index in [0.29, 0.717) is 5.82 Å². The Morgan fingerprint density at radius 3 is 2.45 bits per heavy atom. The van der Waals surface area contributed by atoms with Gasteiger partial charge in [0.2, 0.25) is 5.91 Å². The number of hydrogen-bond donors (Lipinski definition) is 1. The van der Waals surface area contributed by atoms with Gasteiger partial charge in [-0.05, 0) is 56.2 Å². The fraction of sp³-hybridized carbons (Fsp3) is 0.520. The SMILES string of the molecule is CN1CCN(C[C@H]2CC[C@H](C(=O)Nc3cc4cc(-c5cnn(C)c5)ncc4cn3)CC2)CC1. The van der Waals surface area contributed by atoms with E-state index in [4.69, 9.17) is 0 Å². The number of rotatable bonds is 5. The summed E-state index contributed by atoms with van der Waals surface area (Å²) in [7, 11) is 4.09. The summed E-state index contributed by atoms with van der Waals surface area (Å²) >= 11 is 0. The minimum Gasteiger partial charge on any atom is -0.310 e. The van der Waals surface area contributed by atoms with Crippen LogP contribution >= 0.6 is 0 Å². The minimum absolute atomic E-state index is 0.0784. The van der Waals surface area contributed by atoms with E-state index in [2.05, 4.69) is 37.2 Å². The largest absolute Gasteiger partial charge is 0.310 e. The minimum atomic E-state index is 0.0784. The quantitative estimate of drug-likeness (QED) is 0.648. The molecule has 4 heterocycles. The van der Waals surface area contributed by atoms with Gasteiger partial charge in [0.05, 0.1) is 11.9 Å². The molecule has 0 aromatic carbocycles. The first kappa shape index (κ1) is 22.0. The molecular formula is C25H33N7O. The first-order valence-corrected chi connectivity index (χ1v) is 12.0. The van der Waals surface area contributed by atoms with Crippen LogP contribution in [0.15, 0.2) is 36.9 Å². The molecule has 0 unspecified atom stereocenters. The van der Waals surface area contributed by atoms with Crippen LogP contribution in [0.3, 0.4) is 0 Å². The lowest BCUT2D eigenvalue weighted by Gasteiger charge is -2.36. The van der Waals surface area contributed by atoms with Crippen LogP contribution in [0.4, 0.5) is 5.82 Å². The van der Waals surface area contributed by atoms with Crippen molar-refractivity contribution in [2.24, 2.45) is 18.9 Å². The molecule has 1 aliphatic heterocycles. The monoisotopic (exact) mass is 447 g/mol. The van der Waals surface area contributed by atoms with Crippen molar-refractivity contribution in [3.8, 4) is 11.3 Å². The number of amides is 1. The van der Waals surface area contributed by atoms with Crippen molar-refractivity contribution in [2.75, 3.05) is 45.1 Å². The summed E-state index contributed by atoms with van der Waals surface area (Å²) in [6.45, 7) is 5.85. The molecule has 8 heteroatoms. The van der Waals surface area contributed by atoms with E-state index in [1.807, 2.05) is 31.6 Å². The Morgan fingerprint density at radius 2 is 1.73 bits per heavy atom. The Morgan fingerprint density at radius 1 is 0.970 bits per heavy atom. The summed E-state index contributed by atoms with van der Waals surface area (Å²) in [6.07, 6.45) is 11.5. The second-order valence-corrected chi connectivity index (χ2v) is 9.70. The summed E-state index contributed by atoms with van der Waals surface area (Å²) in [6, 6.07) is 3.96. The molecule has 174 valence electrons. The lowest BCUT2D eigenvalue weighted by molar-refractivity contribution is -0.121. The van der Waals surface area contributed by atoms with Crippen molar-refractivity contribution in [1.82, 2.24) is 29.5 Å². The third kappa shape index (κ3) is 5.23. The van der Waals surface area contributed by atoms with Crippen LogP contribution in [0.2, 0.25) is 0 Å². The maximum atomic E-state index is 12.9. The van der Waals surface area contributed by atoms with Crippen LogP contribution in [0.1, 0.15) is 25.7 Å². The number of likely N-dealkylation sites (N-methyl/N-ethyl adjacent to an activating group) is 1. The van der Waals surface area contributed by atoms with Gasteiger partial charge in [0, 0.05) is 75.2 Å². The van der Waals surface area contributed by atoms with E-state index in [0.717, 1.165) is 66.7 Å². The van der Waals surface area contributed by atoms with Gasteiger partial charge in [0.25, 0.3) is 0 Å². The van der Waals surface area contributed by atoms with Crippen molar-refractivity contribution in [3.05, 3.63) is 36.9 Å². The van der Waals surface area contributed by atoms with Crippen molar-refractivity contribution in [1.29, 1.82) is 0 Å². The molecule has 3 aromatic rings. The van der Waals surface area contributed by atoms with Crippen LogP contribution in [0.25, 0.3) is 22.0 Å². The zero-order chi connectivity index (χ0) is 22.8. The number of nitrogens with one attached hydrogen (secondary N) is 1. The van der Waals surface area contributed by atoms with Gasteiger partial charge in [0.15, 0.2) is 0 Å². The van der Waals surface area contributed by atoms with E-state index in [1.54, 1.807) is 17.1 Å². The van der Waals surface area contributed by atoms with Crippen LogP contribution in [0, 0.1) is 11.8 Å². The summed E-state index contributed by atoms with van der Waals surface area (Å²) in [5, 5.41) is 9.24. The van der Waals surface area contributed by atoms with Crippen LogP contribution < -0.4 is 5.32 Å². The average molecular weight is 448 g/mol. The number of piperazine rings is 1. The molecule has 33 heavy (non-hydrogen) atoms. The number of carbonyl (C=O) groups is 1. The van der Waals surface area contributed by atoms with Crippen molar-refractivity contribution in [3.63, 3.8) is 0 Å². The van der Waals surface area contributed by atoms with Gasteiger partial charge in [-0.2, -0.15) is 5.10 Å². The second-order valence-electron chi connectivity index (χ2n) is 9.70. The first-order valence-electron chi connectivity index (χ1n) is 12.0. The highest BCUT2D eigenvalue weighted by Gasteiger charge is 2.28. The zero-order valence-corrected chi connectivity index (χ0v) is 19.6. The smallest absolute Gasteiger partial charge is 0.228 e. The highest BCUT2D eigenvalue weighted by atomic mass is 16.1. The Labute approximate surface area is 195 Å². The highest BCUT2D eigenvalue weighted by molar-refractivity contribution is 5.94. The number of aromatic nitrogens is 4. The molecule has 2 aliphatic rings. The Kier molecular flexibility index (Phi) is 6.37. The molecule has 2 fully saturated rings. The van der Waals surface area contributed by atoms with Crippen LogP contribution in [0.5, 0.6) is 0 Å². The van der Waals surface area contributed by atoms with Gasteiger partial charge in [-0.25, -0.2) is 4.98 Å². The van der Waals surface area contributed by atoms with E-state index in [1.165, 1.54) is 19.6 Å². The molecule has 1 N–H and O–H groups in total. The Hall–Kier alpha value is -2.84. The summed E-state index contributed by atoms with van der Waals surface area (Å²) in [5.41, 5.74) is 1.83. The second kappa shape index (κ2) is 9.57. The predicted molar refractivity (Wildman–Crippen MR) is 130 cm³/mol. The first-order chi connectivity index (χ1) is 16.0. The number of fused-ring (bicyclic) bond motifs is 1. The summed E-state index contributed by atoms with van der Waals surface area (Å²) in [5.74, 6) is 1.50. The fourth-order valence-corrected chi connectivity index (χ4v) is 5.05. The summed E-state index contributed by atoms with van der Waals surface area (Å²) < 4.78 is 1.76. The normalized spacial score (nSPS) is 22.5. The molecule has 0 atom stereocenters. The number of carbonyl (C=O) groups excluding carboxylic acids is 1. The Bertz CT molecular complexity index is 1110. The van der Waals surface area contributed by atoms with E-state index >= 15 is 0 Å². The lowest BCUT2D eigenvalue weighted by Crippen LogP contribution is -2.46. The molecule has 1 aliphatic carbocycles. The van der Waals surface area contributed by atoms with Crippen LogP contribution in [-0.2, 0) is 11.8 Å². The molecule has 1 amide bonds. The van der Waals surface area contributed by atoms with Gasteiger partial charge < -0.3 is 15.1 Å². The Balaban J connectivity index is 1.18. The van der Waals surface area contributed by atoms with E-state index in [-0.39, 0.29) is 11.8 Å². The third-order valence-electron chi connectivity index (χ3n) is 7.18. The van der Waals surface area contributed by atoms with Gasteiger partial charge in [-0.3, -0.25) is 14.5 Å². The molecule has 3 aromatic heterocycles. The highest BCUT2D eigenvalue weighted by Crippen LogP contribution is 2.31. The number of nitrogens with zero attached hydrogens (tertiary/aromatic N) is 6. The predicted octanol–water partition coefficient (Wildman–Crippen LogP) is 3.02. The molecule has 1 saturated heterocycles. The molecular weight excluding hydrogens is 414 g/mol. The van der Waals surface area contributed by atoms with E-state index < -0.39 is 0 Å². The van der Waals surface area contributed by atoms with Crippen LogP contribution in [-0.4, -0.2) is 75.2 Å². The maximum Gasteiger partial charge on any atom is 0.228 e. The molecule has 5 rings (SSSR count). The molecule has 0 bridgehead atoms. The number of anilines is 1. The van der Waals surface area contributed by atoms with Gasteiger partial charge in [0.1, 0.15) is 5.82 Å². The standard InChI is InChI=1S/C25H33N7O/c1-30-7-9-32(10-8-30)16-18-3-5-19(6-4-18)25(33)29-24-12-20-11-23(22-15-28-31(2)17-22)26-13-21(20)14-27-24/h11-15,17-19H,3-10,16H2,1-2H3,(H,27,29,33)/t18-,19-. The van der Waals surface area contributed by atoms with Gasteiger partial charge >= 0.3 is 0 Å². The van der Waals surface area contributed by atoms with Crippen molar-refractivity contribution < 1.29 is 4.79 Å². The van der Waals surface area contributed by atoms with Gasteiger partial charge in [-0.1, -0.05) is 0 Å². The topological polar surface area (TPSA) is 79.2 Å². The van der Waals surface area contributed by atoms with Gasteiger partial charge in [-0.15, -0.1) is 0 Å². The number of aryl methyl sites for hydroxylation is 1. The average Bonchev–Trinajstić information content (AvgIpc) is 3.27. The number of pyridine rings is 2. The summed E-state index contributed by atoms with van der Waals surface area (Å²) in [4.78, 5) is 26.9. The third-order valence-corrected chi connectivity index (χ3v) is 7.18. The fourth-order valence-electron chi connectivity index (χ4n) is 5.05. The molecule has 1 saturated carbocycles. The lowest BCUT2D eigenvalue weighted by atomic mass is 9.81. The molecule has 0 spiro atoms. The van der Waals surface area contributed by atoms with Crippen molar-refractivity contribution in [2.45, 2.75) is 25.7 Å². The zero-order valence-electron chi connectivity index (χ0n) is 19.6. The number of hydrogen-bond acceptors (Lipinski definition) is 6. The van der Waals surface area contributed by atoms with E-state index in [9.17, 15) is 4.79 Å². The molecule has 0 radical (unpaired) electrons. The maximum absolute atomic E-state index is 12.9. The van der Waals surface area contributed by atoms with Crippen molar-refractivity contribution >= 4 is 22.5 Å². The molecule has 8 nitrogen and oxygen atoms in total.